The number of aryl methyl sites for hydroxylation is 2. The Morgan fingerprint density at radius 1 is 1.00 bits per heavy atom. The fourth-order valence-corrected chi connectivity index (χ4v) is 3.20. The number of carbonyl (C=O) groups is 1. The molecule has 0 aliphatic heterocycles. The van der Waals surface area contributed by atoms with E-state index in [1.165, 1.54) is 5.56 Å². The van der Waals surface area contributed by atoms with Crippen molar-refractivity contribution >= 4 is 11.6 Å². The minimum Gasteiger partial charge on any atom is -0.496 e. The number of aromatic nitrogens is 4. The number of carbonyl (C=O) groups excluding carboxylic acids is 1. The molecule has 1 N–H and O–H groups in total. The molecule has 33 heavy (non-hydrogen) atoms. The van der Waals surface area contributed by atoms with E-state index >= 15 is 0 Å². The van der Waals surface area contributed by atoms with Gasteiger partial charge in [-0.3, -0.25) is 4.79 Å². The Morgan fingerprint density at radius 3 is 2.67 bits per heavy atom. The number of hydrogen-bond acceptors (Lipinski definition) is 7. The molecule has 2 heterocycles. The molecule has 0 saturated heterocycles. The summed E-state index contributed by atoms with van der Waals surface area (Å²) in [5, 5.41) is 15.6. The van der Waals surface area contributed by atoms with Crippen LogP contribution in [0.4, 0.5) is 0 Å². The van der Waals surface area contributed by atoms with Crippen LogP contribution in [0.5, 0.6) is 17.4 Å². The van der Waals surface area contributed by atoms with Gasteiger partial charge in [-0.1, -0.05) is 18.2 Å². The van der Waals surface area contributed by atoms with Crippen molar-refractivity contribution in [3.8, 4) is 28.8 Å². The molecule has 0 atom stereocenters. The van der Waals surface area contributed by atoms with Gasteiger partial charge in [-0.25, -0.2) is 0 Å². The summed E-state index contributed by atoms with van der Waals surface area (Å²) in [5.41, 5.74) is 3.65. The summed E-state index contributed by atoms with van der Waals surface area (Å²) >= 11 is 0. The molecule has 4 aromatic rings. The molecule has 170 valence electrons. The first-order valence-corrected chi connectivity index (χ1v) is 10.5. The number of methoxy groups -OCH3 is 1. The summed E-state index contributed by atoms with van der Waals surface area (Å²) in [6, 6.07) is 16.7. The number of hydrogen-bond donors (Lipinski definition) is 1. The van der Waals surface area contributed by atoms with E-state index in [0.717, 1.165) is 11.1 Å². The predicted molar refractivity (Wildman–Crippen MR) is 123 cm³/mol. The van der Waals surface area contributed by atoms with E-state index < -0.39 is 0 Å². The normalized spacial score (nSPS) is 10.8. The van der Waals surface area contributed by atoms with Gasteiger partial charge in [0.05, 0.1) is 19.2 Å². The van der Waals surface area contributed by atoms with E-state index in [0.29, 0.717) is 35.4 Å². The lowest BCUT2D eigenvalue weighted by Crippen LogP contribution is -2.32. The molecule has 9 heteroatoms. The van der Waals surface area contributed by atoms with Crippen LogP contribution >= 0.6 is 0 Å². The quantitative estimate of drug-likeness (QED) is 0.394. The van der Waals surface area contributed by atoms with Crippen LogP contribution in [0.15, 0.2) is 54.6 Å². The van der Waals surface area contributed by atoms with Gasteiger partial charge < -0.3 is 19.5 Å². The largest absolute Gasteiger partial charge is 0.496 e. The molecule has 2 aromatic carbocycles. The Bertz CT molecular complexity index is 1270. The molecule has 0 radical (unpaired) electrons. The van der Waals surface area contributed by atoms with Crippen LogP contribution in [-0.4, -0.2) is 52.6 Å². The van der Waals surface area contributed by atoms with Gasteiger partial charge in [0, 0.05) is 6.07 Å². The molecule has 0 aliphatic carbocycles. The second-order valence-corrected chi connectivity index (χ2v) is 7.40. The Morgan fingerprint density at radius 2 is 1.85 bits per heavy atom. The third-order valence-electron chi connectivity index (χ3n) is 5.11. The number of benzene rings is 2. The lowest BCUT2D eigenvalue weighted by molar-refractivity contribution is -0.123. The lowest BCUT2D eigenvalue weighted by atomic mass is 10.1. The second kappa shape index (κ2) is 9.99. The first-order chi connectivity index (χ1) is 16.0. The fourth-order valence-electron chi connectivity index (χ4n) is 3.20. The molecule has 4 rings (SSSR count). The molecule has 0 aliphatic rings. The van der Waals surface area contributed by atoms with Crippen molar-refractivity contribution in [3.63, 3.8) is 0 Å². The zero-order valence-electron chi connectivity index (χ0n) is 18.7. The number of amides is 1. The molecule has 1 amide bonds. The average molecular weight is 447 g/mol. The summed E-state index contributed by atoms with van der Waals surface area (Å²) in [4.78, 5) is 12.0. The molecule has 0 fully saturated rings. The topological polar surface area (TPSA) is 99.9 Å². The van der Waals surface area contributed by atoms with Crippen molar-refractivity contribution in [1.29, 1.82) is 0 Å². The summed E-state index contributed by atoms with van der Waals surface area (Å²) in [5.74, 6) is 2.05. The van der Waals surface area contributed by atoms with E-state index in [4.69, 9.17) is 14.2 Å². The standard InChI is InChI=1S/C24H25N5O4/c1-16-8-9-18(14-17(16)2)33-15-22(30)25-12-13-32-23-11-10-21-26-27-24(29(21)28-23)19-6-4-5-7-20(19)31-3/h4-11,14H,12-13,15H2,1-3H3,(H,25,30). The predicted octanol–water partition coefficient (Wildman–Crippen LogP) is 2.99. The third kappa shape index (κ3) is 5.20. The van der Waals surface area contributed by atoms with Gasteiger partial charge in [0.1, 0.15) is 18.1 Å². The summed E-state index contributed by atoms with van der Waals surface area (Å²) in [6.45, 7) is 4.54. The van der Waals surface area contributed by atoms with Gasteiger partial charge in [0.25, 0.3) is 5.91 Å². The summed E-state index contributed by atoms with van der Waals surface area (Å²) in [7, 11) is 1.60. The number of para-hydroxylation sites is 1. The maximum Gasteiger partial charge on any atom is 0.258 e. The molecule has 0 unspecified atom stereocenters. The van der Waals surface area contributed by atoms with Crippen molar-refractivity contribution < 1.29 is 19.0 Å². The van der Waals surface area contributed by atoms with E-state index in [9.17, 15) is 4.79 Å². The second-order valence-electron chi connectivity index (χ2n) is 7.40. The zero-order chi connectivity index (χ0) is 23.2. The fraction of sp³-hybridized carbons (Fsp3) is 0.250. The highest BCUT2D eigenvalue weighted by atomic mass is 16.5. The van der Waals surface area contributed by atoms with Crippen molar-refractivity contribution in [3.05, 3.63) is 65.7 Å². The number of rotatable bonds is 9. The van der Waals surface area contributed by atoms with Gasteiger partial charge in [-0.05, 0) is 55.3 Å². The number of ether oxygens (including phenoxy) is 3. The Balaban J connectivity index is 1.31. The first kappa shape index (κ1) is 22.1. The van der Waals surface area contributed by atoms with Crippen molar-refractivity contribution in [2.45, 2.75) is 13.8 Å². The van der Waals surface area contributed by atoms with E-state index in [-0.39, 0.29) is 19.1 Å². The Kier molecular flexibility index (Phi) is 6.68. The van der Waals surface area contributed by atoms with Crippen LogP contribution in [-0.2, 0) is 4.79 Å². The molecule has 0 saturated carbocycles. The van der Waals surface area contributed by atoms with Gasteiger partial charge >= 0.3 is 0 Å². The molecule has 0 bridgehead atoms. The minimum absolute atomic E-state index is 0.0598. The maximum absolute atomic E-state index is 12.0. The van der Waals surface area contributed by atoms with Crippen LogP contribution < -0.4 is 19.5 Å². The minimum atomic E-state index is -0.225. The number of fused-ring (bicyclic) bond motifs is 1. The highest BCUT2D eigenvalue weighted by Gasteiger charge is 2.14. The van der Waals surface area contributed by atoms with Gasteiger partial charge in [0.15, 0.2) is 18.1 Å². The zero-order valence-corrected chi connectivity index (χ0v) is 18.7. The molecule has 9 nitrogen and oxygen atoms in total. The van der Waals surface area contributed by atoms with Crippen LogP contribution in [0, 0.1) is 13.8 Å². The van der Waals surface area contributed by atoms with Crippen molar-refractivity contribution in [2.24, 2.45) is 0 Å². The number of nitrogens with one attached hydrogen (secondary N) is 1. The summed E-state index contributed by atoms with van der Waals surface area (Å²) < 4.78 is 18.3. The van der Waals surface area contributed by atoms with E-state index in [1.807, 2.05) is 56.3 Å². The van der Waals surface area contributed by atoms with Crippen LogP contribution in [0.3, 0.4) is 0 Å². The first-order valence-electron chi connectivity index (χ1n) is 10.5. The molecule has 2 aromatic heterocycles. The molecule has 0 spiro atoms. The monoisotopic (exact) mass is 447 g/mol. The van der Waals surface area contributed by atoms with Gasteiger partial charge in [0.2, 0.25) is 5.88 Å². The summed E-state index contributed by atoms with van der Waals surface area (Å²) in [6.07, 6.45) is 0. The van der Waals surface area contributed by atoms with Crippen molar-refractivity contribution in [2.75, 3.05) is 26.9 Å². The Hall–Kier alpha value is -4.14. The van der Waals surface area contributed by atoms with Crippen LogP contribution in [0.2, 0.25) is 0 Å². The molecular weight excluding hydrogens is 422 g/mol. The van der Waals surface area contributed by atoms with Crippen LogP contribution in [0.1, 0.15) is 11.1 Å². The van der Waals surface area contributed by atoms with Gasteiger partial charge in [-0.15, -0.1) is 15.3 Å². The van der Waals surface area contributed by atoms with Crippen LogP contribution in [0.25, 0.3) is 17.0 Å². The number of nitrogens with zero attached hydrogens (tertiary/aromatic N) is 4. The van der Waals surface area contributed by atoms with E-state index in [2.05, 4.69) is 20.6 Å². The molecular formula is C24H25N5O4. The van der Waals surface area contributed by atoms with E-state index in [1.54, 1.807) is 23.8 Å². The lowest BCUT2D eigenvalue weighted by Gasteiger charge is -2.10. The highest BCUT2D eigenvalue weighted by Crippen LogP contribution is 2.28. The van der Waals surface area contributed by atoms with Gasteiger partial charge in [-0.2, -0.15) is 4.52 Å². The maximum atomic E-state index is 12.0. The Labute approximate surface area is 191 Å². The average Bonchev–Trinajstić information content (AvgIpc) is 3.25. The van der Waals surface area contributed by atoms with Crippen molar-refractivity contribution in [1.82, 2.24) is 25.1 Å². The SMILES string of the molecule is COc1ccccc1-c1nnc2ccc(OCCNC(=O)COc3ccc(C)c(C)c3)nn12. The third-order valence-corrected chi connectivity index (χ3v) is 5.11. The highest BCUT2D eigenvalue weighted by molar-refractivity contribution is 5.77. The smallest absolute Gasteiger partial charge is 0.258 e.